The standard InChI is InChI=1S/C20H26N6S.HI/c1-2-21-20(25-13-11-24(12-14-25)19-7-5-15-27-19)22-9-8-17-16-26-10-4-3-6-18(26)23-17;/h3-7,10,15-16H,2,8-9,11-14H2,1H3,(H,21,22);1H. The van der Waals surface area contributed by atoms with Crippen LogP contribution in [0.1, 0.15) is 12.6 Å². The smallest absolute Gasteiger partial charge is 0.194 e. The summed E-state index contributed by atoms with van der Waals surface area (Å²) in [6.45, 7) is 7.83. The second kappa shape index (κ2) is 10.1. The zero-order chi connectivity index (χ0) is 18.5. The number of aliphatic imine (C=N–C) groups is 1. The molecule has 8 heteroatoms. The SMILES string of the molecule is CCNC(=NCCc1cn2ccccc2n1)N1CCN(c2cccs2)CC1.I. The Kier molecular flexibility index (Phi) is 7.55. The van der Waals surface area contributed by atoms with E-state index in [9.17, 15) is 0 Å². The predicted molar refractivity (Wildman–Crippen MR) is 128 cm³/mol. The van der Waals surface area contributed by atoms with E-state index in [1.807, 2.05) is 35.7 Å². The summed E-state index contributed by atoms with van der Waals surface area (Å²) in [5.74, 6) is 1.02. The second-order valence-electron chi connectivity index (χ2n) is 6.61. The summed E-state index contributed by atoms with van der Waals surface area (Å²) < 4.78 is 2.06. The van der Waals surface area contributed by atoms with Crippen molar-refractivity contribution < 1.29 is 0 Å². The highest BCUT2D eigenvalue weighted by molar-refractivity contribution is 14.0. The minimum Gasteiger partial charge on any atom is -0.360 e. The van der Waals surface area contributed by atoms with Crippen LogP contribution in [0.2, 0.25) is 0 Å². The third-order valence-electron chi connectivity index (χ3n) is 4.78. The average molecular weight is 510 g/mol. The molecule has 28 heavy (non-hydrogen) atoms. The molecule has 0 saturated carbocycles. The van der Waals surface area contributed by atoms with Gasteiger partial charge in [-0.05, 0) is 36.6 Å². The molecule has 3 aromatic heterocycles. The highest BCUT2D eigenvalue weighted by Crippen LogP contribution is 2.22. The molecule has 0 bridgehead atoms. The Morgan fingerprint density at radius 1 is 1.18 bits per heavy atom. The lowest BCUT2D eigenvalue weighted by Gasteiger charge is -2.37. The Morgan fingerprint density at radius 3 is 2.75 bits per heavy atom. The van der Waals surface area contributed by atoms with Gasteiger partial charge in [-0.15, -0.1) is 35.3 Å². The first-order valence-corrected chi connectivity index (χ1v) is 10.5. The Hall–Kier alpha value is -1.81. The number of anilines is 1. The van der Waals surface area contributed by atoms with E-state index in [0.29, 0.717) is 0 Å². The number of fused-ring (bicyclic) bond motifs is 1. The Balaban J connectivity index is 0.00000225. The van der Waals surface area contributed by atoms with Gasteiger partial charge in [-0.25, -0.2) is 4.98 Å². The van der Waals surface area contributed by atoms with Crippen molar-refractivity contribution in [2.75, 3.05) is 44.2 Å². The molecule has 150 valence electrons. The molecule has 4 rings (SSSR count). The highest BCUT2D eigenvalue weighted by atomic mass is 127. The summed E-state index contributed by atoms with van der Waals surface area (Å²) >= 11 is 1.82. The van der Waals surface area contributed by atoms with Crippen molar-refractivity contribution in [2.45, 2.75) is 13.3 Å². The van der Waals surface area contributed by atoms with Gasteiger partial charge in [0, 0.05) is 58.1 Å². The maximum atomic E-state index is 4.86. The molecule has 4 heterocycles. The number of pyridine rings is 1. The highest BCUT2D eigenvalue weighted by Gasteiger charge is 2.20. The van der Waals surface area contributed by atoms with Crippen LogP contribution < -0.4 is 10.2 Å². The van der Waals surface area contributed by atoms with Crippen LogP contribution in [0.4, 0.5) is 5.00 Å². The van der Waals surface area contributed by atoms with Crippen LogP contribution in [0, 0.1) is 0 Å². The molecule has 1 fully saturated rings. The first-order valence-electron chi connectivity index (χ1n) is 9.58. The van der Waals surface area contributed by atoms with Crippen molar-refractivity contribution >= 4 is 51.9 Å². The van der Waals surface area contributed by atoms with Crippen LogP contribution in [0.25, 0.3) is 5.65 Å². The third-order valence-corrected chi connectivity index (χ3v) is 5.70. The minimum absolute atomic E-state index is 0. The van der Waals surface area contributed by atoms with E-state index >= 15 is 0 Å². The summed E-state index contributed by atoms with van der Waals surface area (Å²) in [6.07, 6.45) is 4.98. The van der Waals surface area contributed by atoms with E-state index in [1.165, 1.54) is 5.00 Å². The van der Waals surface area contributed by atoms with Crippen molar-refractivity contribution in [2.24, 2.45) is 4.99 Å². The third kappa shape index (κ3) is 4.96. The van der Waals surface area contributed by atoms with E-state index in [0.717, 1.165) is 63.0 Å². The summed E-state index contributed by atoms with van der Waals surface area (Å²) in [6, 6.07) is 10.4. The summed E-state index contributed by atoms with van der Waals surface area (Å²) in [5, 5.41) is 6.96. The van der Waals surface area contributed by atoms with Crippen LogP contribution in [0.5, 0.6) is 0 Å². The number of hydrogen-bond acceptors (Lipinski definition) is 4. The number of halogens is 1. The van der Waals surface area contributed by atoms with Gasteiger partial charge in [0.15, 0.2) is 5.96 Å². The Bertz CT molecular complexity index is 850. The van der Waals surface area contributed by atoms with E-state index in [2.05, 4.69) is 55.1 Å². The molecule has 1 saturated heterocycles. The number of nitrogens with zero attached hydrogens (tertiary/aromatic N) is 5. The number of aromatic nitrogens is 2. The van der Waals surface area contributed by atoms with Gasteiger partial charge >= 0.3 is 0 Å². The number of thiophene rings is 1. The van der Waals surface area contributed by atoms with Crippen molar-refractivity contribution in [3.05, 3.63) is 53.8 Å². The van der Waals surface area contributed by atoms with E-state index in [1.54, 1.807) is 0 Å². The predicted octanol–water partition coefficient (Wildman–Crippen LogP) is 3.34. The summed E-state index contributed by atoms with van der Waals surface area (Å²) in [4.78, 5) is 14.3. The van der Waals surface area contributed by atoms with E-state index in [4.69, 9.17) is 4.99 Å². The number of nitrogens with one attached hydrogen (secondary N) is 1. The molecule has 0 aliphatic carbocycles. The minimum atomic E-state index is 0. The van der Waals surface area contributed by atoms with Gasteiger partial charge in [-0.3, -0.25) is 4.99 Å². The summed E-state index contributed by atoms with van der Waals surface area (Å²) in [5.41, 5.74) is 2.08. The van der Waals surface area contributed by atoms with Crippen LogP contribution in [-0.4, -0.2) is 59.5 Å². The fourth-order valence-corrected chi connectivity index (χ4v) is 4.18. The molecule has 0 amide bonds. The Morgan fingerprint density at radius 2 is 2.04 bits per heavy atom. The normalized spacial score (nSPS) is 15.0. The number of piperazine rings is 1. The molecule has 0 spiro atoms. The van der Waals surface area contributed by atoms with Crippen LogP contribution in [-0.2, 0) is 6.42 Å². The molecule has 1 aliphatic heterocycles. The van der Waals surface area contributed by atoms with Gasteiger partial charge in [0.25, 0.3) is 0 Å². The van der Waals surface area contributed by atoms with Gasteiger partial charge in [-0.2, -0.15) is 0 Å². The number of imidazole rings is 1. The second-order valence-corrected chi connectivity index (χ2v) is 7.54. The molecule has 3 aromatic rings. The van der Waals surface area contributed by atoms with Crippen molar-refractivity contribution in [1.82, 2.24) is 19.6 Å². The lowest BCUT2D eigenvalue weighted by molar-refractivity contribution is 0.373. The largest absolute Gasteiger partial charge is 0.360 e. The number of guanidine groups is 1. The molecule has 0 aromatic carbocycles. The molecule has 1 aliphatic rings. The first-order chi connectivity index (χ1) is 13.3. The topological polar surface area (TPSA) is 48.2 Å². The molecule has 0 unspecified atom stereocenters. The molecule has 1 N–H and O–H groups in total. The summed E-state index contributed by atoms with van der Waals surface area (Å²) in [7, 11) is 0. The average Bonchev–Trinajstić information content (AvgIpc) is 3.37. The number of hydrogen-bond donors (Lipinski definition) is 1. The maximum Gasteiger partial charge on any atom is 0.194 e. The molecule has 0 radical (unpaired) electrons. The molecule has 6 nitrogen and oxygen atoms in total. The van der Waals surface area contributed by atoms with Crippen LogP contribution in [0.15, 0.2) is 53.1 Å². The van der Waals surface area contributed by atoms with Gasteiger partial charge < -0.3 is 19.5 Å². The van der Waals surface area contributed by atoms with Gasteiger partial charge in [0.05, 0.1) is 10.7 Å². The monoisotopic (exact) mass is 510 g/mol. The lowest BCUT2D eigenvalue weighted by atomic mass is 10.3. The fourth-order valence-electron chi connectivity index (χ4n) is 3.40. The van der Waals surface area contributed by atoms with E-state index in [-0.39, 0.29) is 24.0 Å². The zero-order valence-electron chi connectivity index (χ0n) is 16.1. The van der Waals surface area contributed by atoms with Crippen LogP contribution in [0.3, 0.4) is 0 Å². The zero-order valence-corrected chi connectivity index (χ0v) is 19.3. The molecular formula is C20H27IN6S. The lowest BCUT2D eigenvalue weighted by Crippen LogP contribution is -2.52. The number of rotatable bonds is 5. The van der Waals surface area contributed by atoms with E-state index < -0.39 is 0 Å². The van der Waals surface area contributed by atoms with Crippen molar-refractivity contribution in [3.8, 4) is 0 Å². The first kappa shape index (κ1) is 20.9. The van der Waals surface area contributed by atoms with Crippen LogP contribution >= 0.6 is 35.3 Å². The van der Waals surface area contributed by atoms with Crippen molar-refractivity contribution in [3.63, 3.8) is 0 Å². The Labute approximate surface area is 187 Å². The van der Waals surface area contributed by atoms with Gasteiger partial charge in [-0.1, -0.05) is 6.07 Å². The van der Waals surface area contributed by atoms with Gasteiger partial charge in [0.2, 0.25) is 0 Å². The fraction of sp³-hybridized carbons (Fsp3) is 0.400. The molecular weight excluding hydrogens is 483 g/mol. The van der Waals surface area contributed by atoms with Gasteiger partial charge in [0.1, 0.15) is 5.65 Å². The van der Waals surface area contributed by atoms with Crippen molar-refractivity contribution in [1.29, 1.82) is 0 Å². The quantitative estimate of drug-likeness (QED) is 0.325. The maximum absolute atomic E-state index is 4.86. The molecule has 0 atom stereocenters.